The van der Waals surface area contributed by atoms with E-state index in [4.69, 9.17) is 22.1 Å². The third-order valence-corrected chi connectivity index (χ3v) is 3.42. The number of hydrogen-bond donors (Lipinski definition) is 3. The minimum Gasteiger partial charge on any atom is -0.393 e. The Hall–Kier alpha value is -0.270. The fourth-order valence-electron chi connectivity index (χ4n) is 2.00. The molecular formula is C7H11NO4S. The molecule has 13 heavy (non-hydrogen) atoms. The Morgan fingerprint density at radius 3 is 2.62 bits per heavy atom. The number of rotatable bonds is 1. The average molecular weight is 205 g/mol. The summed E-state index contributed by atoms with van der Waals surface area (Å²) in [5.74, 6) is 0. The van der Waals surface area contributed by atoms with Gasteiger partial charge in [-0.1, -0.05) is 12.2 Å². The zero-order valence-electron chi connectivity index (χ0n) is 7.04. The van der Waals surface area contributed by atoms with Crippen LogP contribution in [0.3, 0.4) is 0 Å². The molecule has 0 aromatic rings. The van der Waals surface area contributed by atoms with Crippen molar-refractivity contribution in [1.82, 2.24) is 4.90 Å². The molecule has 2 rings (SSSR count). The van der Waals surface area contributed by atoms with E-state index in [-0.39, 0.29) is 0 Å². The molecule has 3 N–H and O–H groups in total. The highest BCUT2D eigenvalue weighted by Crippen LogP contribution is 2.41. The van der Waals surface area contributed by atoms with Gasteiger partial charge in [0.25, 0.3) is 0 Å². The van der Waals surface area contributed by atoms with Gasteiger partial charge in [-0.05, 0) is 0 Å². The summed E-state index contributed by atoms with van der Waals surface area (Å²) in [6.07, 6.45) is -2.04. The molecule has 0 amide bonds. The lowest BCUT2D eigenvalue weighted by Crippen LogP contribution is -2.51. The summed E-state index contributed by atoms with van der Waals surface area (Å²) in [6.45, 7) is -0.412. The van der Waals surface area contributed by atoms with Gasteiger partial charge >= 0.3 is 0 Å². The van der Waals surface area contributed by atoms with Gasteiger partial charge < -0.3 is 25.0 Å². The van der Waals surface area contributed by atoms with E-state index < -0.39 is 30.6 Å². The van der Waals surface area contributed by atoms with Crippen molar-refractivity contribution in [1.29, 1.82) is 0 Å². The number of ether oxygens (including phenoxy) is 1. The summed E-state index contributed by atoms with van der Waals surface area (Å²) in [5, 5.41) is 28.2. The van der Waals surface area contributed by atoms with Crippen molar-refractivity contribution < 1.29 is 20.1 Å². The monoisotopic (exact) mass is 205 g/mol. The van der Waals surface area contributed by atoms with Gasteiger partial charge in [-0.3, -0.25) is 0 Å². The Morgan fingerprint density at radius 2 is 2.23 bits per heavy atom. The van der Waals surface area contributed by atoms with Gasteiger partial charge in [0.05, 0.1) is 6.61 Å². The third kappa shape index (κ3) is 0.870. The van der Waals surface area contributed by atoms with E-state index in [9.17, 15) is 10.2 Å². The number of hydrogen-bond acceptors (Lipinski definition) is 5. The Balaban J connectivity index is 2.42. The second-order valence-corrected chi connectivity index (χ2v) is 3.79. The second kappa shape index (κ2) is 2.61. The van der Waals surface area contributed by atoms with Crippen molar-refractivity contribution in [2.24, 2.45) is 0 Å². The Bertz CT molecular complexity index is 261. The normalized spacial score (nSPS) is 49.1. The topological polar surface area (TPSA) is 73.2 Å². The molecule has 6 heteroatoms. The largest absolute Gasteiger partial charge is 0.393 e. The minimum absolute atomic E-state index is 0.345. The number of nitrogens with zero attached hydrogens (tertiary/aromatic N) is 1. The molecule has 1 unspecified atom stereocenters. The first kappa shape index (κ1) is 9.29. The molecule has 0 aromatic heterocycles. The Labute approximate surface area is 80.5 Å². The lowest BCUT2D eigenvalue weighted by Gasteiger charge is -2.33. The number of likely N-dealkylation sites (N-methyl/N-ethyl adjacent to an activating group) is 1. The number of aliphatic hydroxyl groups is 3. The van der Waals surface area contributed by atoms with Crippen LogP contribution < -0.4 is 0 Å². The summed E-state index contributed by atoms with van der Waals surface area (Å²) in [7, 11) is 1.67. The van der Waals surface area contributed by atoms with Crippen LogP contribution in [0.4, 0.5) is 0 Å². The van der Waals surface area contributed by atoms with E-state index in [1.54, 1.807) is 11.9 Å². The second-order valence-electron chi connectivity index (χ2n) is 3.41. The van der Waals surface area contributed by atoms with Crippen LogP contribution in [0.5, 0.6) is 0 Å². The SMILES string of the molecule is CN1C(=S)[C@]2(CO)O[C@@H](O)[C@@H]1C2O. The summed E-state index contributed by atoms with van der Waals surface area (Å²) < 4.78 is 5.06. The maximum Gasteiger partial charge on any atom is 0.179 e. The maximum absolute atomic E-state index is 9.72. The number of fused-ring (bicyclic) bond motifs is 2. The van der Waals surface area contributed by atoms with Crippen LogP contribution in [0.25, 0.3) is 0 Å². The number of morpholine rings is 1. The highest BCUT2D eigenvalue weighted by molar-refractivity contribution is 7.80. The average Bonchev–Trinajstić information content (AvgIpc) is 2.44. The van der Waals surface area contributed by atoms with Crippen molar-refractivity contribution in [3.8, 4) is 0 Å². The van der Waals surface area contributed by atoms with E-state index in [1.807, 2.05) is 0 Å². The summed E-state index contributed by atoms with van der Waals surface area (Å²) >= 11 is 5.00. The molecule has 2 bridgehead atoms. The van der Waals surface area contributed by atoms with Crippen LogP contribution in [0.15, 0.2) is 0 Å². The van der Waals surface area contributed by atoms with Crippen molar-refractivity contribution in [3.63, 3.8) is 0 Å². The molecule has 4 atom stereocenters. The van der Waals surface area contributed by atoms with Crippen LogP contribution in [0.1, 0.15) is 0 Å². The highest BCUT2D eigenvalue weighted by atomic mass is 32.1. The fraction of sp³-hybridized carbons (Fsp3) is 0.857. The quantitative estimate of drug-likeness (QED) is 0.433. The molecule has 0 spiro atoms. The number of likely N-dealkylation sites (tertiary alicyclic amines) is 1. The standard InChI is InChI=1S/C7H11NO4S/c1-8-3-4(10)7(2-9,6(8)13)12-5(3)11/h3-5,9-11H,2H2,1H3/t3-,4?,5+,7+/m0/s1. The highest BCUT2D eigenvalue weighted by Gasteiger charge is 2.65. The van der Waals surface area contributed by atoms with Crippen molar-refractivity contribution in [2.75, 3.05) is 13.7 Å². The molecule has 2 saturated heterocycles. The lowest BCUT2D eigenvalue weighted by molar-refractivity contribution is -0.155. The van der Waals surface area contributed by atoms with E-state index in [0.29, 0.717) is 4.99 Å². The van der Waals surface area contributed by atoms with Crippen LogP contribution in [-0.2, 0) is 4.74 Å². The predicted molar refractivity (Wildman–Crippen MR) is 47.1 cm³/mol. The maximum atomic E-state index is 9.72. The molecule has 2 heterocycles. The first-order valence-electron chi connectivity index (χ1n) is 3.96. The molecule has 2 aliphatic heterocycles. The minimum atomic E-state index is -1.27. The summed E-state index contributed by atoms with van der Waals surface area (Å²) in [4.78, 5) is 1.92. The van der Waals surface area contributed by atoms with Crippen LogP contribution >= 0.6 is 12.2 Å². The van der Waals surface area contributed by atoms with Crippen LogP contribution in [-0.4, -0.2) is 62.9 Å². The number of aliphatic hydroxyl groups excluding tert-OH is 3. The first-order valence-corrected chi connectivity index (χ1v) is 4.37. The van der Waals surface area contributed by atoms with E-state index >= 15 is 0 Å². The van der Waals surface area contributed by atoms with Crippen LogP contribution in [0, 0.1) is 0 Å². The molecule has 0 saturated carbocycles. The smallest absolute Gasteiger partial charge is 0.179 e. The third-order valence-electron chi connectivity index (χ3n) is 2.79. The first-order chi connectivity index (χ1) is 6.04. The predicted octanol–water partition coefficient (Wildman–Crippen LogP) is -1.93. The Morgan fingerprint density at radius 1 is 1.62 bits per heavy atom. The van der Waals surface area contributed by atoms with Crippen LogP contribution in [0.2, 0.25) is 0 Å². The summed E-state index contributed by atoms with van der Waals surface area (Å²) in [6, 6.07) is -0.556. The van der Waals surface area contributed by atoms with E-state index in [0.717, 1.165) is 0 Å². The number of thiocarbonyl (C=S) groups is 1. The van der Waals surface area contributed by atoms with Gasteiger partial charge in [0.1, 0.15) is 17.1 Å². The molecule has 74 valence electrons. The molecule has 0 radical (unpaired) electrons. The van der Waals surface area contributed by atoms with Crippen molar-refractivity contribution >= 4 is 17.2 Å². The molecular weight excluding hydrogens is 194 g/mol. The molecule has 2 fully saturated rings. The Kier molecular flexibility index (Phi) is 1.87. The van der Waals surface area contributed by atoms with Crippen molar-refractivity contribution in [2.45, 2.75) is 24.0 Å². The molecule has 0 aromatic carbocycles. The summed E-state index contributed by atoms with van der Waals surface area (Å²) in [5.41, 5.74) is -1.27. The van der Waals surface area contributed by atoms with Gasteiger partial charge in [-0.25, -0.2) is 0 Å². The van der Waals surface area contributed by atoms with E-state index in [1.165, 1.54) is 0 Å². The van der Waals surface area contributed by atoms with Crippen molar-refractivity contribution in [3.05, 3.63) is 0 Å². The van der Waals surface area contributed by atoms with Gasteiger partial charge in [0, 0.05) is 7.05 Å². The fourth-order valence-corrected chi connectivity index (χ4v) is 2.35. The van der Waals surface area contributed by atoms with Gasteiger partial charge in [0.2, 0.25) is 0 Å². The van der Waals surface area contributed by atoms with E-state index in [2.05, 4.69) is 0 Å². The van der Waals surface area contributed by atoms with Gasteiger partial charge in [-0.2, -0.15) is 0 Å². The zero-order valence-corrected chi connectivity index (χ0v) is 7.86. The van der Waals surface area contributed by atoms with Gasteiger partial charge in [-0.15, -0.1) is 0 Å². The molecule has 5 nitrogen and oxygen atoms in total. The molecule has 0 aliphatic carbocycles. The van der Waals surface area contributed by atoms with Gasteiger partial charge in [0.15, 0.2) is 11.9 Å². The molecule has 2 aliphatic rings. The zero-order chi connectivity index (χ0) is 9.80. The lowest BCUT2D eigenvalue weighted by atomic mass is 10.0.